The third kappa shape index (κ3) is 4.63. The minimum absolute atomic E-state index is 0.0874. The van der Waals surface area contributed by atoms with Crippen molar-refractivity contribution in [1.29, 1.82) is 5.26 Å². The molecule has 30 heavy (non-hydrogen) atoms. The van der Waals surface area contributed by atoms with E-state index < -0.39 is 5.25 Å². The van der Waals surface area contributed by atoms with Gasteiger partial charge in [0.1, 0.15) is 5.76 Å². The van der Waals surface area contributed by atoms with Crippen molar-refractivity contribution < 1.29 is 9.21 Å². The van der Waals surface area contributed by atoms with Gasteiger partial charge in [0.2, 0.25) is 5.91 Å². The van der Waals surface area contributed by atoms with Crippen LogP contribution in [0.2, 0.25) is 0 Å². The number of carbonyl (C=O) groups excluding carboxylic acids is 1. The predicted molar refractivity (Wildman–Crippen MR) is 117 cm³/mol. The highest BCUT2D eigenvalue weighted by molar-refractivity contribution is 8.00. The Labute approximate surface area is 180 Å². The predicted octanol–water partition coefficient (Wildman–Crippen LogP) is 4.46. The number of nitrogens with zero attached hydrogens (tertiary/aromatic N) is 5. The Morgan fingerprint density at radius 2 is 2.13 bits per heavy atom. The van der Waals surface area contributed by atoms with Crippen molar-refractivity contribution in [3.8, 4) is 17.5 Å². The lowest BCUT2D eigenvalue weighted by molar-refractivity contribution is -0.117. The van der Waals surface area contributed by atoms with Crippen LogP contribution in [0.5, 0.6) is 0 Å². The van der Waals surface area contributed by atoms with E-state index in [4.69, 9.17) is 9.68 Å². The second kappa shape index (κ2) is 9.94. The quantitative estimate of drug-likeness (QED) is 0.374. The molecule has 1 unspecified atom stereocenters. The molecule has 0 radical (unpaired) electrons. The first-order valence-corrected chi connectivity index (χ1v) is 10.4. The molecule has 1 aromatic carbocycles. The number of hydrogen-bond acceptors (Lipinski definition) is 6. The number of nitriles is 1. The molecule has 0 N–H and O–H groups in total. The Balaban J connectivity index is 1.85. The van der Waals surface area contributed by atoms with Gasteiger partial charge in [0, 0.05) is 18.8 Å². The van der Waals surface area contributed by atoms with Crippen LogP contribution < -0.4 is 4.90 Å². The average Bonchev–Trinajstić information content (AvgIpc) is 3.35. The molecule has 0 aliphatic carbocycles. The maximum Gasteiger partial charge on any atom is 0.240 e. The first-order chi connectivity index (χ1) is 14.6. The zero-order chi connectivity index (χ0) is 21.5. The number of aryl methyl sites for hydroxylation is 1. The molecule has 0 saturated heterocycles. The summed E-state index contributed by atoms with van der Waals surface area (Å²) < 4.78 is 7.32. The van der Waals surface area contributed by atoms with Gasteiger partial charge in [-0.2, -0.15) is 5.26 Å². The molecule has 1 atom stereocenters. The summed E-state index contributed by atoms with van der Waals surface area (Å²) in [5.74, 6) is 1.34. The van der Waals surface area contributed by atoms with Crippen LogP contribution >= 0.6 is 11.8 Å². The van der Waals surface area contributed by atoms with Crippen molar-refractivity contribution in [1.82, 2.24) is 14.8 Å². The van der Waals surface area contributed by atoms with E-state index >= 15 is 0 Å². The molecule has 3 rings (SSSR count). The van der Waals surface area contributed by atoms with Gasteiger partial charge in [0.25, 0.3) is 0 Å². The number of aromatic nitrogens is 3. The Bertz CT molecular complexity index is 1050. The van der Waals surface area contributed by atoms with Crippen molar-refractivity contribution in [3.05, 3.63) is 61.1 Å². The number of para-hydroxylation sites is 1. The molecule has 0 aliphatic heterocycles. The molecular formula is C22H23N5O2S. The number of hydrogen-bond donors (Lipinski definition) is 0. The zero-order valence-corrected chi connectivity index (χ0v) is 17.8. The highest BCUT2D eigenvalue weighted by Gasteiger charge is 2.26. The van der Waals surface area contributed by atoms with Crippen LogP contribution in [0.4, 0.5) is 5.69 Å². The van der Waals surface area contributed by atoms with Crippen LogP contribution in [0.1, 0.15) is 19.1 Å². The first kappa shape index (κ1) is 21.4. The summed E-state index contributed by atoms with van der Waals surface area (Å²) in [4.78, 5) is 14.9. The number of rotatable bonds is 9. The molecule has 0 spiro atoms. The molecule has 0 bridgehead atoms. The summed E-state index contributed by atoms with van der Waals surface area (Å²) in [5, 5.41) is 17.8. The highest BCUT2D eigenvalue weighted by atomic mass is 32.2. The lowest BCUT2D eigenvalue weighted by Crippen LogP contribution is -2.37. The van der Waals surface area contributed by atoms with E-state index in [-0.39, 0.29) is 12.3 Å². The minimum Gasteiger partial charge on any atom is -0.469 e. The van der Waals surface area contributed by atoms with Gasteiger partial charge in [0.15, 0.2) is 11.0 Å². The summed E-state index contributed by atoms with van der Waals surface area (Å²) in [5.41, 5.74) is 1.63. The van der Waals surface area contributed by atoms with E-state index in [2.05, 4.69) is 22.8 Å². The summed E-state index contributed by atoms with van der Waals surface area (Å²) in [7, 11) is 0. The Morgan fingerprint density at radius 3 is 2.77 bits per heavy atom. The minimum atomic E-state index is -0.421. The van der Waals surface area contributed by atoms with Crippen molar-refractivity contribution in [2.75, 3.05) is 11.4 Å². The normalized spacial score (nSPS) is 11.6. The third-order valence-corrected chi connectivity index (χ3v) is 5.61. The molecular weight excluding hydrogens is 398 g/mol. The van der Waals surface area contributed by atoms with E-state index in [1.807, 2.05) is 54.8 Å². The maximum absolute atomic E-state index is 13.2. The highest BCUT2D eigenvalue weighted by Crippen LogP contribution is 2.30. The lowest BCUT2D eigenvalue weighted by Gasteiger charge is -2.24. The van der Waals surface area contributed by atoms with Gasteiger partial charge in [-0.1, -0.05) is 36.0 Å². The Kier molecular flexibility index (Phi) is 7.09. The number of allylic oxidation sites excluding steroid dienone is 1. The van der Waals surface area contributed by atoms with E-state index in [0.29, 0.717) is 24.1 Å². The van der Waals surface area contributed by atoms with Crippen molar-refractivity contribution in [3.63, 3.8) is 0 Å². The molecule has 2 heterocycles. The van der Waals surface area contributed by atoms with E-state index in [1.54, 1.807) is 17.2 Å². The average molecular weight is 422 g/mol. The topological polar surface area (TPSA) is 88.0 Å². The first-order valence-electron chi connectivity index (χ1n) is 9.55. The van der Waals surface area contributed by atoms with E-state index in [0.717, 1.165) is 17.0 Å². The van der Waals surface area contributed by atoms with Crippen LogP contribution in [-0.2, 0) is 11.3 Å². The maximum atomic E-state index is 13.2. The van der Waals surface area contributed by atoms with E-state index in [9.17, 15) is 4.79 Å². The number of anilines is 1. The monoisotopic (exact) mass is 421 g/mol. The van der Waals surface area contributed by atoms with Crippen LogP contribution in [0.3, 0.4) is 0 Å². The third-order valence-electron chi connectivity index (χ3n) is 4.54. The summed E-state index contributed by atoms with van der Waals surface area (Å²) in [6.45, 7) is 8.37. The molecule has 0 saturated carbocycles. The van der Waals surface area contributed by atoms with Crippen molar-refractivity contribution in [2.24, 2.45) is 0 Å². The molecule has 154 valence electrons. The lowest BCUT2D eigenvalue weighted by atomic mass is 10.2. The summed E-state index contributed by atoms with van der Waals surface area (Å²) in [6, 6.07) is 13.3. The number of benzene rings is 1. The van der Waals surface area contributed by atoms with Gasteiger partial charge in [-0.25, -0.2) is 0 Å². The summed E-state index contributed by atoms with van der Waals surface area (Å²) in [6.07, 6.45) is 3.64. The Morgan fingerprint density at radius 1 is 1.37 bits per heavy atom. The SMILES string of the molecule is C=CCn1c(SC(C)C(=O)N(CCC#N)c2ccccc2)nnc1-c1ccoc1C. The van der Waals surface area contributed by atoms with Gasteiger partial charge in [-0.05, 0) is 32.0 Å². The molecule has 8 heteroatoms. The molecule has 3 aromatic rings. The number of furan rings is 1. The smallest absolute Gasteiger partial charge is 0.240 e. The zero-order valence-electron chi connectivity index (χ0n) is 17.0. The van der Waals surface area contributed by atoms with E-state index in [1.165, 1.54) is 11.8 Å². The molecule has 1 amide bonds. The van der Waals surface area contributed by atoms with Gasteiger partial charge < -0.3 is 9.32 Å². The van der Waals surface area contributed by atoms with Gasteiger partial charge in [-0.15, -0.1) is 16.8 Å². The van der Waals surface area contributed by atoms with Crippen LogP contribution in [0.25, 0.3) is 11.4 Å². The molecule has 2 aromatic heterocycles. The van der Waals surface area contributed by atoms with Crippen molar-refractivity contribution >= 4 is 23.4 Å². The number of thioether (sulfide) groups is 1. The van der Waals surface area contributed by atoms with Crippen LogP contribution in [0, 0.1) is 18.3 Å². The molecule has 7 nitrogen and oxygen atoms in total. The van der Waals surface area contributed by atoms with Crippen LogP contribution in [0.15, 0.2) is 64.9 Å². The number of amides is 1. The van der Waals surface area contributed by atoms with Gasteiger partial charge in [-0.3, -0.25) is 9.36 Å². The standard InChI is InChI=1S/C22H23N5O2S/c1-4-13-27-20(19-11-15-29-16(19)2)24-25-22(27)30-17(3)21(28)26(14-8-12-23)18-9-6-5-7-10-18/h4-7,9-11,15,17H,1,8,13-14H2,2-3H3. The molecule has 0 fully saturated rings. The number of carbonyl (C=O) groups is 1. The second-order valence-corrected chi connectivity index (χ2v) is 7.90. The van der Waals surface area contributed by atoms with Gasteiger partial charge in [0.05, 0.1) is 29.6 Å². The largest absolute Gasteiger partial charge is 0.469 e. The van der Waals surface area contributed by atoms with Crippen LogP contribution in [-0.4, -0.2) is 32.5 Å². The second-order valence-electron chi connectivity index (χ2n) is 6.59. The van der Waals surface area contributed by atoms with Gasteiger partial charge >= 0.3 is 0 Å². The fourth-order valence-corrected chi connectivity index (χ4v) is 3.97. The fraction of sp³-hybridized carbons (Fsp3) is 0.273. The Hall–Kier alpha value is -3.31. The fourth-order valence-electron chi connectivity index (χ4n) is 3.05. The van der Waals surface area contributed by atoms with Crippen molar-refractivity contribution in [2.45, 2.75) is 37.2 Å². The summed E-state index contributed by atoms with van der Waals surface area (Å²) >= 11 is 1.34. The molecule has 0 aliphatic rings.